The van der Waals surface area contributed by atoms with Crippen molar-refractivity contribution in [2.75, 3.05) is 25.5 Å². The largest absolute Gasteiger partial charge is 0.373 e. The van der Waals surface area contributed by atoms with Crippen LogP contribution in [-0.2, 0) is 0 Å². The number of rotatable bonds is 2. The van der Waals surface area contributed by atoms with E-state index in [1.165, 1.54) is 18.5 Å². The molecular weight excluding hydrogens is 174 g/mol. The fourth-order valence-corrected chi connectivity index (χ4v) is 1.92. The molecule has 1 atom stereocenters. The Morgan fingerprint density at radius 3 is 3.14 bits per heavy atom. The Kier molecular flexibility index (Phi) is 2.99. The third-order valence-corrected chi connectivity index (χ3v) is 2.74. The van der Waals surface area contributed by atoms with Crippen molar-refractivity contribution in [3.63, 3.8) is 0 Å². The summed E-state index contributed by atoms with van der Waals surface area (Å²) in [5.74, 6) is 1.56. The van der Waals surface area contributed by atoms with Gasteiger partial charge in [-0.15, -0.1) is 0 Å². The summed E-state index contributed by atoms with van der Waals surface area (Å²) in [6.45, 7) is 2.22. The third-order valence-electron chi connectivity index (χ3n) is 2.74. The highest BCUT2D eigenvalue weighted by atomic mass is 15.0. The molecule has 0 saturated carbocycles. The normalized spacial score (nSPS) is 21.9. The second kappa shape index (κ2) is 4.42. The second-order valence-corrected chi connectivity index (χ2v) is 3.74. The number of anilines is 1. The molecule has 2 N–H and O–H groups in total. The van der Waals surface area contributed by atoms with E-state index in [9.17, 15) is 0 Å². The number of hydrogen-bond donors (Lipinski definition) is 2. The number of hydrogen-bond acceptors (Lipinski definition) is 3. The monoisotopic (exact) mass is 191 g/mol. The molecule has 0 aromatic carbocycles. The van der Waals surface area contributed by atoms with E-state index in [1.807, 2.05) is 13.1 Å². The Hall–Kier alpha value is -1.09. The highest BCUT2D eigenvalue weighted by Crippen LogP contribution is 2.22. The molecule has 1 aromatic heterocycles. The van der Waals surface area contributed by atoms with E-state index in [0.29, 0.717) is 5.92 Å². The lowest BCUT2D eigenvalue weighted by Gasteiger charge is -2.22. The number of nitrogens with one attached hydrogen (secondary N) is 2. The minimum Gasteiger partial charge on any atom is -0.373 e. The average Bonchev–Trinajstić information content (AvgIpc) is 2.30. The molecule has 0 aliphatic carbocycles. The van der Waals surface area contributed by atoms with Crippen molar-refractivity contribution >= 4 is 5.82 Å². The zero-order chi connectivity index (χ0) is 9.80. The van der Waals surface area contributed by atoms with Crippen molar-refractivity contribution in [3.05, 3.63) is 23.9 Å². The molecule has 2 heterocycles. The summed E-state index contributed by atoms with van der Waals surface area (Å²) < 4.78 is 0. The maximum atomic E-state index is 4.56. The lowest BCUT2D eigenvalue weighted by atomic mass is 9.96. The van der Waals surface area contributed by atoms with Crippen LogP contribution in [0.1, 0.15) is 24.5 Å². The first-order valence-corrected chi connectivity index (χ1v) is 5.25. The van der Waals surface area contributed by atoms with Gasteiger partial charge in [-0.1, -0.05) is 6.07 Å². The molecule has 2 rings (SSSR count). The average molecular weight is 191 g/mol. The van der Waals surface area contributed by atoms with E-state index in [0.717, 1.165) is 18.9 Å². The zero-order valence-corrected chi connectivity index (χ0v) is 8.59. The number of pyridine rings is 1. The molecule has 3 nitrogen and oxygen atoms in total. The molecule has 0 radical (unpaired) electrons. The summed E-state index contributed by atoms with van der Waals surface area (Å²) in [4.78, 5) is 4.56. The SMILES string of the molecule is CNc1cccc([C@H]2CCCNC2)n1. The van der Waals surface area contributed by atoms with Crippen LogP contribution >= 0.6 is 0 Å². The van der Waals surface area contributed by atoms with Gasteiger partial charge in [0.1, 0.15) is 5.82 Å². The van der Waals surface area contributed by atoms with Crippen LogP contribution in [0.25, 0.3) is 0 Å². The maximum Gasteiger partial charge on any atom is 0.125 e. The van der Waals surface area contributed by atoms with Crippen LogP contribution < -0.4 is 10.6 Å². The van der Waals surface area contributed by atoms with Crippen molar-refractivity contribution in [3.8, 4) is 0 Å². The van der Waals surface area contributed by atoms with Gasteiger partial charge in [0, 0.05) is 25.2 Å². The van der Waals surface area contributed by atoms with Gasteiger partial charge in [0.05, 0.1) is 0 Å². The minimum atomic E-state index is 0.594. The standard InChI is InChI=1S/C11H17N3/c1-12-11-6-2-5-10(14-11)9-4-3-7-13-8-9/h2,5-6,9,13H,3-4,7-8H2,1H3,(H,12,14)/t9-/m0/s1. The predicted octanol–water partition coefficient (Wildman–Crippen LogP) is 1.59. The first-order valence-electron chi connectivity index (χ1n) is 5.25. The van der Waals surface area contributed by atoms with Gasteiger partial charge < -0.3 is 10.6 Å². The molecule has 1 aromatic rings. The minimum absolute atomic E-state index is 0.594. The molecule has 1 aliphatic rings. The fourth-order valence-electron chi connectivity index (χ4n) is 1.92. The molecule has 0 bridgehead atoms. The van der Waals surface area contributed by atoms with Gasteiger partial charge >= 0.3 is 0 Å². The topological polar surface area (TPSA) is 37.0 Å². The van der Waals surface area contributed by atoms with E-state index >= 15 is 0 Å². The van der Waals surface area contributed by atoms with Crippen molar-refractivity contribution in [1.82, 2.24) is 10.3 Å². The molecule has 14 heavy (non-hydrogen) atoms. The molecule has 1 fully saturated rings. The number of piperidine rings is 1. The van der Waals surface area contributed by atoms with Gasteiger partial charge in [-0.25, -0.2) is 4.98 Å². The molecule has 1 saturated heterocycles. The first-order chi connectivity index (χ1) is 6.90. The smallest absolute Gasteiger partial charge is 0.125 e. The molecule has 76 valence electrons. The van der Waals surface area contributed by atoms with Crippen molar-refractivity contribution in [1.29, 1.82) is 0 Å². The Bertz CT molecular complexity index is 292. The molecule has 1 aliphatic heterocycles. The van der Waals surface area contributed by atoms with Crippen LogP contribution in [-0.4, -0.2) is 25.1 Å². The van der Waals surface area contributed by atoms with E-state index < -0.39 is 0 Å². The first kappa shape index (κ1) is 9.46. The second-order valence-electron chi connectivity index (χ2n) is 3.74. The van der Waals surface area contributed by atoms with Gasteiger partial charge in [-0.3, -0.25) is 0 Å². The van der Waals surface area contributed by atoms with Crippen LogP contribution in [0.3, 0.4) is 0 Å². The molecule has 0 unspecified atom stereocenters. The lowest BCUT2D eigenvalue weighted by molar-refractivity contribution is 0.455. The van der Waals surface area contributed by atoms with Gasteiger partial charge in [-0.2, -0.15) is 0 Å². The molecule has 0 spiro atoms. The van der Waals surface area contributed by atoms with Crippen LogP contribution in [0, 0.1) is 0 Å². The summed E-state index contributed by atoms with van der Waals surface area (Å²) in [7, 11) is 1.91. The molecule has 3 heteroatoms. The van der Waals surface area contributed by atoms with Crippen LogP contribution in [0.15, 0.2) is 18.2 Å². The van der Waals surface area contributed by atoms with E-state index in [2.05, 4.69) is 27.8 Å². The third kappa shape index (κ3) is 2.04. The van der Waals surface area contributed by atoms with Crippen LogP contribution in [0.4, 0.5) is 5.82 Å². The Balaban J connectivity index is 2.13. The molecule has 0 amide bonds. The van der Waals surface area contributed by atoms with E-state index in [4.69, 9.17) is 0 Å². The highest BCUT2D eigenvalue weighted by Gasteiger charge is 2.16. The van der Waals surface area contributed by atoms with Gasteiger partial charge in [-0.05, 0) is 31.5 Å². The van der Waals surface area contributed by atoms with E-state index in [1.54, 1.807) is 0 Å². The summed E-state index contributed by atoms with van der Waals surface area (Å²) in [6, 6.07) is 6.20. The summed E-state index contributed by atoms with van der Waals surface area (Å²) in [6.07, 6.45) is 2.52. The van der Waals surface area contributed by atoms with Crippen molar-refractivity contribution in [2.24, 2.45) is 0 Å². The Labute approximate surface area is 84.9 Å². The van der Waals surface area contributed by atoms with Crippen LogP contribution in [0.5, 0.6) is 0 Å². The van der Waals surface area contributed by atoms with Gasteiger partial charge in [0.2, 0.25) is 0 Å². The predicted molar refractivity (Wildman–Crippen MR) is 58.6 cm³/mol. The fraction of sp³-hybridized carbons (Fsp3) is 0.545. The Morgan fingerprint density at radius 2 is 2.43 bits per heavy atom. The summed E-state index contributed by atoms with van der Waals surface area (Å²) in [5.41, 5.74) is 1.21. The molecular formula is C11H17N3. The summed E-state index contributed by atoms with van der Waals surface area (Å²) in [5, 5.41) is 6.49. The zero-order valence-electron chi connectivity index (χ0n) is 8.59. The summed E-state index contributed by atoms with van der Waals surface area (Å²) >= 11 is 0. The lowest BCUT2D eigenvalue weighted by Crippen LogP contribution is -2.28. The van der Waals surface area contributed by atoms with Crippen molar-refractivity contribution < 1.29 is 0 Å². The maximum absolute atomic E-state index is 4.56. The van der Waals surface area contributed by atoms with Crippen molar-refractivity contribution in [2.45, 2.75) is 18.8 Å². The Morgan fingerprint density at radius 1 is 1.50 bits per heavy atom. The van der Waals surface area contributed by atoms with E-state index in [-0.39, 0.29) is 0 Å². The number of nitrogens with zero attached hydrogens (tertiary/aromatic N) is 1. The quantitative estimate of drug-likeness (QED) is 0.745. The highest BCUT2D eigenvalue weighted by molar-refractivity contribution is 5.35. The van der Waals surface area contributed by atoms with Crippen LogP contribution in [0.2, 0.25) is 0 Å². The number of aromatic nitrogens is 1. The van der Waals surface area contributed by atoms with Gasteiger partial charge in [0.25, 0.3) is 0 Å². The van der Waals surface area contributed by atoms with Gasteiger partial charge in [0.15, 0.2) is 0 Å².